The molecule has 0 aliphatic rings. The van der Waals surface area contributed by atoms with Crippen molar-refractivity contribution in [3.63, 3.8) is 0 Å². The topological polar surface area (TPSA) is 9.23 Å². The van der Waals surface area contributed by atoms with Crippen LogP contribution in [0, 0.1) is 0 Å². The minimum atomic E-state index is 0. The summed E-state index contributed by atoms with van der Waals surface area (Å²) in [5, 5.41) is 0. The normalized spacial score (nSPS) is 9.20. The Morgan fingerprint density at radius 3 is 2.13 bits per heavy atom. The maximum absolute atomic E-state index is 5.66. The summed E-state index contributed by atoms with van der Waals surface area (Å²) < 4.78 is 6.90. The van der Waals surface area contributed by atoms with E-state index in [4.69, 9.17) is 4.74 Å². The van der Waals surface area contributed by atoms with Gasteiger partial charge in [-0.2, -0.15) is 0 Å². The first kappa shape index (κ1) is 12.4. The van der Waals surface area contributed by atoms with Gasteiger partial charge in [-0.15, -0.1) is 0 Å². The molecule has 2 rings (SSSR count). The Morgan fingerprint density at radius 1 is 0.800 bits per heavy atom. The zero-order valence-electron chi connectivity index (χ0n) is 8.19. The second-order valence-corrected chi connectivity index (χ2v) is 3.88. The first-order valence-corrected chi connectivity index (χ1v) is 5.20. The van der Waals surface area contributed by atoms with Crippen LogP contribution in [0.15, 0.2) is 54.6 Å². The Hall–Kier alpha value is -0.704. The van der Waals surface area contributed by atoms with Gasteiger partial charge >= 0.3 is 96.2 Å². The third-order valence-corrected chi connectivity index (χ3v) is 2.32. The third-order valence-electron chi connectivity index (χ3n) is 1.88. The fourth-order valence-electron chi connectivity index (χ4n) is 1.23. The van der Waals surface area contributed by atoms with Crippen molar-refractivity contribution in [2.75, 3.05) is 0 Å². The first-order chi connectivity index (χ1) is 6.84. The van der Waals surface area contributed by atoms with E-state index in [1.54, 1.807) is 0 Å². The number of benzene rings is 2. The second kappa shape index (κ2) is 6.01. The van der Waals surface area contributed by atoms with Gasteiger partial charge in [-0.3, -0.25) is 0 Å². The molecule has 0 fully saturated rings. The number of halogens is 1. The summed E-state index contributed by atoms with van der Waals surface area (Å²) in [5.41, 5.74) is 0. The van der Waals surface area contributed by atoms with Crippen molar-refractivity contribution in [3.05, 3.63) is 54.6 Å². The van der Waals surface area contributed by atoms with Crippen molar-refractivity contribution in [1.29, 1.82) is 0 Å². The van der Waals surface area contributed by atoms with Gasteiger partial charge < -0.3 is 12.4 Å². The molecule has 0 aliphatic carbocycles. The van der Waals surface area contributed by atoms with E-state index in [-0.39, 0.29) is 12.4 Å². The molecule has 0 N–H and O–H groups in total. The van der Waals surface area contributed by atoms with Crippen LogP contribution in [0.4, 0.5) is 0 Å². The molecule has 2 aromatic rings. The molecule has 3 heteroatoms. The Balaban J connectivity index is 0.00000112. The number of rotatable bonds is 2. The van der Waals surface area contributed by atoms with Gasteiger partial charge in [0.1, 0.15) is 0 Å². The molecule has 0 spiro atoms. The summed E-state index contributed by atoms with van der Waals surface area (Å²) in [6.07, 6.45) is 0. The van der Waals surface area contributed by atoms with Gasteiger partial charge in [0.15, 0.2) is 0 Å². The fraction of sp³-hybridized carbons (Fsp3) is 0. The van der Waals surface area contributed by atoms with Crippen LogP contribution in [0.25, 0.3) is 0 Å². The molecule has 0 saturated carbocycles. The molecule has 0 saturated heterocycles. The van der Waals surface area contributed by atoms with Gasteiger partial charge in [0.25, 0.3) is 0 Å². The number of ether oxygens (including phenoxy) is 1. The standard InChI is InChI=1S/C12H9O.ClH.Mg/c1-3-7-11(8-4-1)13-12-9-5-2-6-10-12;;/h1-5,7-10H;1H;/q;;+1/p-1. The van der Waals surface area contributed by atoms with E-state index in [9.17, 15) is 0 Å². The van der Waals surface area contributed by atoms with Crippen LogP contribution in [-0.2, 0) is 0 Å². The average molecular weight is 229 g/mol. The van der Waals surface area contributed by atoms with E-state index >= 15 is 0 Å². The van der Waals surface area contributed by atoms with E-state index in [1.165, 1.54) is 3.69 Å². The molecule has 0 heterocycles. The Labute approximate surface area is 108 Å². The Bertz CT molecular complexity index is 417. The Morgan fingerprint density at radius 2 is 1.47 bits per heavy atom. The summed E-state index contributed by atoms with van der Waals surface area (Å²) in [6, 6.07) is 17.9. The average Bonchev–Trinajstić information content (AvgIpc) is 2.19. The van der Waals surface area contributed by atoms with E-state index in [2.05, 4.69) is 6.07 Å². The summed E-state index contributed by atoms with van der Waals surface area (Å²) in [4.78, 5) is 0. The van der Waals surface area contributed by atoms with E-state index in [0.717, 1.165) is 11.5 Å². The van der Waals surface area contributed by atoms with Crippen molar-refractivity contribution in [2.45, 2.75) is 0 Å². The predicted octanol–water partition coefficient (Wildman–Crippen LogP) is -0.723. The monoisotopic (exact) mass is 228 g/mol. The van der Waals surface area contributed by atoms with Crippen molar-refractivity contribution in [2.24, 2.45) is 0 Å². The molecule has 0 unspecified atom stereocenters. The number of hydrogen-bond acceptors (Lipinski definition) is 1. The van der Waals surface area contributed by atoms with Crippen LogP contribution in [0.5, 0.6) is 11.5 Å². The van der Waals surface area contributed by atoms with Gasteiger partial charge in [-0.1, -0.05) is 0 Å². The van der Waals surface area contributed by atoms with Crippen LogP contribution in [-0.4, -0.2) is 21.7 Å². The molecule has 1 nitrogen and oxygen atoms in total. The van der Waals surface area contributed by atoms with Gasteiger partial charge in [-0.25, -0.2) is 0 Å². The van der Waals surface area contributed by atoms with E-state index < -0.39 is 0 Å². The van der Waals surface area contributed by atoms with Crippen molar-refractivity contribution >= 4 is 25.4 Å². The van der Waals surface area contributed by atoms with Crippen molar-refractivity contribution in [3.8, 4) is 11.5 Å². The van der Waals surface area contributed by atoms with Crippen molar-refractivity contribution < 1.29 is 17.1 Å². The van der Waals surface area contributed by atoms with E-state index in [0.29, 0.717) is 0 Å². The van der Waals surface area contributed by atoms with Crippen LogP contribution in [0.1, 0.15) is 0 Å². The quantitative estimate of drug-likeness (QED) is 0.617. The molecule has 0 amide bonds. The summed E-state index contributed by atoms with van der Waals surface area (Å²) in [6.45, 7) is 0. The minimum absolute atomic E-state index is 0. The molecule has 72 valence electrons. The van der Waals surface area contributed by atoms with Gasteiger partial charge in [0, 0.05) is 0 Å². The molecule has 0 aliphatic heterocycles. The molecule has 2 aromatic carbocycles. The molecule has 0 atom stereocenters. The molecule has 0 aromatic heterocycles. The SMILES string of the molecule is [Cl-].[Mg+][c]1cccc(Oc2ccccc2)c1. The molecule has 15 heavy (non-hydrogen) atoms. The number of para-hydroxylation sites is 1. The molecule has 0 bridgehead atoms. The predicted molar refractivity (Wildman–Crippen MR) is 58.3 cm³/mol. The molecular weight excluding hydrogens is 220 g/mol. The first-order valence-electron chi connectivity index (χ1n) is 4.49. The van der Waals surface area contributed by atoms with Gasteiger partial charge in [-0.05, 0) is 0 Å². The second-order valence-electron chi connectivity index (χ2n) is 3.06. The summed E-state index contributed by atoms with van der Waals surface area (Å²) >= 11 is 1.85. The maximum atomic E-state index is 5.66. The van der Waals surface area contributed by atoms with Crippen molar-refractivity contribution in [1.82, 2.24) is 0 Å². The van der Waals surface area contributed by atoms with Gasteiger partial charge in [0.2, 0.25) is 0 Å². The fourth-order valence-corrected chi connectivity index (χ4v) is 1.57. The van der Waals surface area contributed by atoms with Gasteiger partial charge in [0.05, 0.1) is 0 Å². The third kappa shape index (κ3) is 3.74. The molecule has 0 radical (unpaired) electrons. The number of hydrogen-bond donors (Lipinski definition) is 0. The van der Waals surface area contributed by atoms with Crippen LogP contribution >= 0.6 is 0 Å². The zero-order chi connectivity index (χ0) is 9.80. The van der Waals surface area contributed by atoms with Crippen LogP contribution in [0.3, 0.4) is 0 Å². The summed E-state index contributed by atoms with van der Waals surface area (Å²) in [7, 11) is 0. The summed E-state index contributed by atoms with van der Waals surface area (Å²) in [5.74, 6) is 1.77. The van der Waals surface area contributed by atoms with E-state index in [1.807, 2.05) is 70.2 Å². The molecular formula is C12H9ClMgO. The zero-order valence-corrected chi connectivity index (χ0v) is 10.4. The Kier molecular flexibility index (Phi) is 4.95. The van der Waals surface area contributed by atoms with Crippen LogP contribution < -0.4 is 20.8 Å². The van der Waals surface area contributed by atoms with Crippen LogP contribution in [0.2, 0.25) is 0 Å².